The smallest absolute Gasteiger partial charge is 0.261 e. The number of rotatable bonds is 7. The second kappa shape index (κ2) is 9.30. The van der Waals surface area contributed by atoms with Gasteiger partial charge in [0.2, 0.25) is 11.8 Å². The maximum Gasteiger partial charge on any atom is 0.261 e. The second-order valence-electron chi connectivity index (χ2n) is 7.65. The van der Waals surface area contributed by atoms with E-state index in [1.165, 1.54) is 12.1 Å². The number of hydrogen-bond donors (Lipinski definition) is 3. The summed E-state index contributed by atoms with van der Waals surface area (Å²) >= 11 is 0. The highest BCUT2D eigenvalue weighted by atomic mass is 32.2. The third-order valence-corrected chi connectivity index (χ3v) is 6.66. The van der Waals surface area contributed by atoms with Gasteiger partial charge in [0.05, 0.1) is 10.6 Å². The van der Waals surface area contributed by atoms with Crippen molar-refractivity contribution in [1.29, 1.82) is 0 Å². The summed E-state index contributed by atoms with van der Waals surface area (Å²) in [5, 5.41) is 5.51. The van der Waals surface area contributed by atoms with Crippen LogP contribution in [0.25, 0.3) is 0 Å². The Balaban J connectivity index is 1.67. The highest BCUT2D eigenvalue weighted by Gasteiger charge is 2.25. The van der Waals surface area contributed by atoms with Crippen LogP contribution in [-0.4, -0.2) is 26.3 Å². The molecule has 1 aliphatic carbocycles. The fraction of sp³-hybridized carbons (Fsp3) is 0.364. The number of nitrogens with one attached hydrogen (secondary N) is 3. The van der Waals surface area contributed by atoms with Crippen LogP contribution in [0, 0.1) is 12.8 Å². The molecule has 2 aromatic carbocycles. The molecule has 3 rings (SSSR count). The van der Waals surface area contributed by atoms with Gasteiger partial charge < -0.3 is 10.6 Å². The standard InChI is InChI=1S/C22H27N3O4S/c1-15-12-13-18(14-20(15)25-30(28,29)19-10-4-3-5-11-19)24-21(26)16(2)23-22(27)17-8-6-7-9-17/h3-5,10-14,16-17,25H,6-9H2,1-2H3,(H,23,27)(H,24,26)/t16-/m0/s1. The number of aryl methyl sites for hydroxylation is 1. The van der Waals surface area contributed by atoms with Crippen molar-refractivity contribution in [3.8, 4) is 0 Å². The van der Waals surface area contributed by atoms with Crippen LogP contribution in [0.3, 0.4) is 0 Å². The fourth-order valence-electron chi connectivity index (χ4n) is 3.45. The predicted octanol–water partition coefficient (Wildman–Crippen LogP) is 3.43. The third kappa shape index (κ3) is 5.38. The van der Waals surface area contributed by atoms with E-state index in [4.69, 9.17) is 0 Å². The number of anilines is 2. The first-order valence-electron chi connectivity index (χ1n) is 10.1. The zero-order chi connectivity index (χ0) is 21.7. The molecule has 0 radical (unpaired) electrons. The molecule has 30 heavy (non-hydrogen) atoms. The van der Waals surface area contributed by atoms with Crippen LogP contribution >= 0.6 is 0 Å². The van der Waals surface area contributed by atoms with Crippen LogP contribution in [0.15, 0.2) is 53.4 Å². The van der Waals surface area contributed by atoms with Crippen LogP contribution < -0.4 is 15.4 Å². The van der Waals surface area contributed by atoms with E-state index in [0.717, 1.165) is 31.2 Å². The lowest BCUT2D eigenvalue weighted by Gasteiger charge is -2.18. The molecule has 160 valence electrons. The monoisotopic (exact) mass is 429 g/mol. The number of amides is 2. The summed E-state index contributed by atoms with van der Waals surface area (Å²) in [6, 6.07) is 12.4. The van der Waals surface area contributed by atoms with Gasteiger partial charge in [-0.25, -0.2) is 8.42 Å². The van der Waals surface area contributed by atoms with Gasteiger partial charge in [0.15, 0.2) is 0 Å². The molecular formula is C22H27N3O4S. The molecule has 0 spiro atoms. The van der Waals surface area contributed by atoms with E-state index < -0.39 is 16.1 Å². The Morgan fingerprint density at radius 3 is 2.37 bits per heavy atom. The molecule has 3 N–H and O–H groups in total. The number of carbonyl (C=O) groups excluding carboxylic acids is 2. The molecule has 1 fully saturated rings. The van der Waals surface area contributed by atoms with Gasteiger partial charge in [0.25, 0.3) is 10.0 Å². The van der Waals surface area contributed by atoms with Crippen LogP contribution in [-0.2, 0) is 19.6 Å². The maximum absolute atomic E-state index is 12.6. The van der Waals surface area contributed by atoms with Gasteiger partial charge in [-0.15, -0.1) is 0 Å². The molecule has 1 aliphatic rings. The van der Waals surface area contributed by atoms with Crippen molar-refractivity contribution in [1.82, 2.24) is 5.32 Å². The largest absolute Gasteiger partial charge is 0.344 e. The van der Waals surface area contributed by atoms with E-state index in [-0.39, 0.29) is 22.6 Å². The molecule has 0 saturated heterocycles. The van der Waals surface area contributed by atoms with Crippen LogP contribution in [0.1, 0.15) is 38.2 Å². The van der Waals surface area contributed by atoms with Crippen molar-refractivity contribution in [2.24, 2.45) is 5.92 Å². The summed E-state index contributed by atoms with van der Waals surface area (Å²) in [5.41, 5.74) is 1.53. The molecule has 1 saturated carbocycles. The summed E-state index contributed by atoms with van der Waals surface area (Å²) in [5.74, 6) is -0.462. The maximum atomic E-state index is 12.6. The van der Waals surface area contributed by atoms with Gasteiger partial charge >= 0.3 is 0 Å². The van der Waals surface area contributed by atoms with Gasteiger partial charge in [-0.05, 0) is 56.5 Å². The second-order valence-corrected chi connectivity index (χ2v) is 9.33. The summed E-state index contributed by atoms with van der Waals surface area (Å²) < 4.78 is 27.8. The summed E-state index contributed by atoms with van der Waals surface area (Å²) in [6.45, 7) is 3.41. The molecule has 2 aromatic rings. The van der Waals surface area contributed by atoms with Crippen LogP contribution in [0.5, 0.6) is 0 Å². The van der Waals surface area contributed by atoms with Gasteiger partial charge in [0, 0.05) is 11.6 Å². The number of carbonyl (C=O) groups is 2. The summed E-state index contributed by atoms with van der Waals surface area (Å²) in [7, 11) is -3.74. The number of hydrogen-bond acceptors (Lipinski definition) is 4. The van der Waals surface area contributed by atoms with Crippen molar-refractivity contribution < 1.29 is 18.0 Å². The molecule has 7 nitrogen and oxygen atoms in total. The minimum absolute atomic E-state index is 0.0152. The van der Waals surface area contributed by atoms with E-state index in [1.54, 1.807) is 50.2 Å². The SMILES string of the molecule is Cc1ccc(NC(=O)[C@H](C)NC(=O)C2CCCC2)cc1NS(=O)(=O)c1ccccc1. The Labute approximate surface area is 177 Å². The molecule has 0 unspecified atom stereocenters. The Morgan fingerprint density at radius 1 is 1.03 bits per heavy atom. The van der Waals surface area contributed by atoms with Gasteiger partial charge in [-0.3, -0.25) is 14.3 Å². The highest BCUT2D eigenvalue weighted by molar-refractivity contribution is 7.92. The lowest BCUT2D eigenvalue weighted by molar-refractivity contribution is -0.128. The Bertz CT molecular complexity index is 1020. The zero-order valence-electron chi connectivity index (χ0n) is 17.1. The Hall–Kier alpha value is -2.87. The Kier molecular flexibility index (Phi) is 6.77. The normalized spacial score (nSPS) is 15.4. The van der Waals surface area contributed by atoms with Crippen molar-refractivity contribution >= 4 is 33.2 Å². The predicted molar refractivity (Wildman–Crippen MR) is 117 cm³/mol. The molecule has 0 aliphatic heterocycles. The van der Waals surface area contributed by atoms with E-state index in [1.807, 2.05) is 0 Å². The first kappa shape index (κ1) is 21.8. The minimum atomic E-state index is -3.74. The highest BCUT2D eigenvalue weighted by Crippen LogP contribution is 2.25. The number of sulfonamides is 1. The van der Waals surface area contributed by atoms with Crippen molar-refractivity contribution in [2.75, 3.05) is 10.0 Å². The summed E-state index contributed by atoms with van der Waals surface area (Å²) in [6.07, 6.45) is 3.82. The average Bonchev–Trinajstić information content (AvgIpc) is 3.26. The number of benzene rings is 2. The average molecular weight is 430 g/mol. The van der Waals surface area contributed by atoms with Gasteiger partial charge in [-0.2, -0.15) is 0 Å². The Morgan fingerprint density at radius 2 is 1.70 bits per heavy atom. The van der Waals surface area contributed by atoms with Crippen molar-refractivity contribution in [3.63, 3.8) is 0 Å². The molecule has 2 amide bonds. The zero-order valence-corrected chi connectivity index (χ0v) is 18.0. The van der Waals surface area contributed by atoms with Crippen molar-refractivity contribution in [2.45, 2.75) is 50.5 Å². The lowest BCUT2D eigenvalue weighted by Crippen LogP contribution is -2.43. The molecule has 1 atom stereocenters. The molecule has 0 heterocycles. The van der Waals surface area contributed by atoms with E-state index in [9.17, 15) is 18.0 Å². The van der Waals surface area contributed by atoms with E-state index >= 15 is 0 Å². The van der Waals surface area contributed by atoms with E-state index in [0.29, 0.717) is 11.4 Å². The molecule has 0 aromatic heterocycles. The molecule has 8 heteroatoms. The topological polar surface area (TPSA) is 104 Å². The molecular weight excluding hydrogens is 402 g/mol. The summed E-state index contributed by atoms with van der Waals surface area (Å²) in [4.78, 5) is 24.9. The van der Waals surface area contributed by atoms with E-state index in [2.05, 4.69) is 15.4 Å². The van der Waals surface area contributed by atoms with Crippen LogP contribution in [0.4, 0.5) is 11.4 Å². The molecule has 0 bridgehead atoms. The van der Waals surface area contributed by atoms with Crippen molar-refractivity contribution in [3.05, 3.63) is 54.1 Å². The first-order valence-corrected chi connectivity index (χ1v) is 11.5. The minimum Gasteiger partial charge on any atom is -0.344 e. The first-order chi connectivity index (χ1) is 14.3. The third-order valence-electron chi connectivity index (χ3n) is 5.28. The van der Waals surface area contributed by atoms with Gasteiger partial charge in [-0.1, -0.05) is 37.1 Å². The van der Waals surface area contributed by atoms with Gasteiger partial charge in [0.1, 0.15) is 6.04 Å². The van der Waals surface area contributed by atoms with Crippen LogP contribution in [0.2, 0.25) is 0 Å². The lowest BCUT2D eigenvalue weighted by atomic mass is 10.1. The fourth-order valence-corrected chi connectivity index (χ4v) is 4.59. The quantitative estimate of drug-likeness (QED) is 0.627.